The Hall–Kier alpha value is -0.800. The lowest BCUT2D eigenvalue weighted by atomic mass is 10.2. The van der Waals surface area contributed by atoms with E-state index in [0.29, 0.717) is 12.3 Å². The van der Waals surface area contributed by atoms with E-state index in [1.54, 1.807) is 0 Å². The molecule has 1 N–H and O–H groups in total. The van der Waals surface area contributed by atoms with Gasteiger partial charge in [0.05, 0.1) is 6.04 Å². The topological polar surface area (TPSA) is 29.1 Å². The van der Waals surface area contributed by atoms with Crippen molar-refractivity contribution < 1.29 is 4.79 Å². The number of carbonyl (C=O) groups is 1. The summed E-state index contributed by atoms with van der Waals surface area (Å²) in [5.74, 6) is 0.538. The molecule has 0 heterocycles. The highest BCUT2D eigenvalue weighted by molar-refractivity contribution is 7.80. The zero-order chi connectivity index (χ0) is 9.52. The van der Waals surface area contributed by atoms with Crippen molar-refractivity contribution in [3.05, 3.63) is 35.9 Å². The lowest BCUT2D eigenvalue weighted by Gasteiger charge is -2.08. The number of rotatable bonds is 5. The van der Waals surface area contributed by atoms with Gasteiger partial charge in [0.15, 0.2) is 0 Å². The number of carbonyl (C=O) groups excluding carboxylic acids is 1. The van der Waals surface area contributed by atoms with E-state index in [1.165, 1.54) is 5.56 Å². The summed E-state index contributed by atoms with van der Waals surface area (Å²) >= 11 is 4.05. The Bertz CT molecular complexity index is 250. The fraction of sp³-hybridized carbons (Fsp3) is 0.300. The highest BCUT2D eigenvalue weighted by Gasteiger charge is 2.02. The third-order valence-electron chi connectivity index (χ3n) is 1.77. The van der Waals surface area contributed by atoms with Crippen molar-refractivity contribution in [2.24, 2.45) is 0 Å². The highest BCUT2D eigenvalue weighted by Crippen LogP contribution is 1.97. The molecule has 2 nitrogen and oxygen atoms in total. The quantitative estimate of drug-likeness (QED) is 0.547. The van der Waals surface area contributed by atoms with Crippen LogP contribution in [-0.2, 0) is 11.3 Å². The van der Waals surface area contributed by atoms with Gasteiger partial charge in [0, 0.05) is 12.3 Å². The molecule has 1 atom stereocenters. The summed E-state index contributed by atoms with van der Waals surface area (Å²) in [6, 6.07) is 9.82. The van der Waals surface area contributed by atoms with Crippen molar-refractivity contribution in [2.45, 2.75) is 12.6 Å². The largest absolute Gasteiger partial charge is 0.303 e. The van der Waals surface area contributed by atoms with Crippen LogP contribution in [0.2, 0.25) is 0 Å². The molecular formula is C10H13NOS. The van der Waals surface area contributed by atoms with Crippen molar-refractivity contribution in [1.82, 2.24) is 5.32 Å². The van der Waals surface area contributed by atoms with Crippen LogP contribution in [0.25, 0.3) is 0 Å². The van der Waals surface area contributed by atoms with E-state index in [9.17, 15) is 4.79 Å². The molecule has 3 heteroatoms. The Morgan fingerprint density at radius 3 is 2.62 bits per heavy atom. The van der Waals surface area contributed by atoms with E-state index in [0.717, 1.165) is 6.29 Å². The first-order chi connectivity index (χ1) is 6.36. The molecule has 0 aliphatic heterocycles. The summed E-state index contributed by atoms with van der Waals surface area (Å²) in [6.07, 6.45) is 0.885. The summed E-state index contributed by atoms with van der Waals surface area (Å²) in [6.45, 7) is 0.713. The monoisotopic (exact) mass is 195 g/mol. The van der Waals surface area contributed by atoms with Gasteiger partial charge >= 0.3 is 0 Å². The Kier molecular flexibility index (Phi) is 4.57. The maximum atomic E-state index is 10.4. The van der Waals surface area contributed by atoms with Crippen molar-refractivity contribution in [1.29, 1.82) is 0 Å². The second-order valence-electron chi connectivity index (χ2n) is 2.79. The second kappa shape index (κ2) is 5.78. The molecule has 0 unspecified atom stereocenters. The van der Waals surface area contributed by atoms with Crippen molar-refractivity contribution >= 4 is 18.9 Å². The van der Waals surface area contributed by atoms with Gasteiger partial charge in [-0.25, -0.2) is 0 Å². The minimum absolute atomic E-state index is 0.150. The molecule has 13 heavy (non-hydrogen) atoms. The standard InChI is InChI=1S/C10H13NOS/c12-7-10(8-13)11-6-9-4-2-1-3-5-9/h1-5,7,10-11,13H,6,8H2/t10-/m1/s1. The van der Waals surface area contributed by atoms with E-state index < -0.39 is 0 Å². The van der Waals surface area contributed by atoms with Crippen LogP contribution in [0.15, 0.2) is 30.3 Å². The molecule has 0 amide bonds. The predicted molar refractivity (Wildman–Crippen MR) is 57.0 cm³/mol. The maximum absolute atomic E-state index is 10.4. The molecule has 0 spiro atoms. The molecule has 0 saturated carbocycles. The van der Waals surface area contributed by atoms with Gasteiger partial charge in [-0.15, -0.1) is 0 Å². The average Bonchev–Trinajstić information content (AvgIpc) is 2.21. The van der Waals surface area contributed by atoms with Gasteiger partial charge in [0.25, 0.3) is 0 Å². The third kappa shape index (κ3) is 3.61. The van der Waals surface area contributed by atoms with Gasteiger partial charge in [-0.3, -0.25) is 0 Å². The molecule has 0 bridgehead atoms. The van der Waals surface area contributed by atoms with Crippen LogP contribution < -0.4 is 5.32 Å². The van der Waals surface area contributed by atoms with Crippen molar-refractivity contribution in [3.8, 4) is 0 Å². The Morgan fingerprint density at radius 2 is 2.08 bits per heavy atom. The fourth-order valence-electron chi connectivity index (χ4n) is 1.00. The number of nitrogens with one attached hydrogen (secondary N) is 1. The van der Waals surface area contributed by atoms with Crippen LogP contribution in [0.3, 0.4) is 0 Å². The van der Waals surface area contributed by atoms with Gasteiger partial charge in [0.1, 0.15) is 6.29 Å². The molecule has 0 aliphatic carbocycles. The maximum Gasteiger partial charge on any atom is 0.137 e. The number of benzene rings is 1. The fourth-order valence-corrected chi connectivity index (χ4v) is 1.22. The predicted octanol–water partition coefficient (Wildman–Crippen LogP) is 1.27. The number of thiol groups is 1. The first kappa shape index (κ1) is 10.3. The highest BCUT2D eigenvalue weighted by atomic mass is 32.1. The first-order valence-electron chi connectivity index (χ1n) is 4.20. The molecule has 0 aliphatic rings. The van der Waals surface area contributed by atoms with Crippen LogP contribution in [0, 0.1) is 0 Å². The summed E-state index contributed by atoms with van der Waals surface area (Å²) in [5, 5.41) is 3.09. The number of hydrogen-bond acceptors (Lipinski definition) is 3. The van der Waals surface area contributed by atoms with Crippen molar-refractivity contribution in [3.63, 3.8) is 0 Å². The zero-order valence-electron chi connectivity index (χ0n) is 7.31. The molecule has 0 saturated heterocycles. The summed E-state index contributed by atoms with van der Waals surface area (Å²) < 4.78 is 0. The Labute approximate surface area is 83.8 Å². The molecule has 0 fully saturated rings. The number of aldehydes is 1. The molecular weight excluding hydrogens is 182 g/mol. The smallest absolute Gasteiger partial charge is 0.137 e. The Balaban J connectivity index is 2.38. The second-order valence-corrected chi connectivity index (χ2v) is 3.16. The summed E-state index contributed by atoms with van der Waals surface area (Å²) in [4.78, 5) is 10.4. The van der Waals surface area contributed by atoms with Crippen LogP contribution in [0.4, 0.5) is 0 Å². The lowest BCUT2D eigenvalue weighted by molar-refractivity contribution is -0.109. The molecule has 1 aromatic rings. The molecule has 70 valence electrons. The van der Waals surface area contributed by atoms with Crippen LogP contribution in [-0.4, -0.2) is 18.1 Å². The van der Waals surface area contributed by atoms with E-state index in [-0.39, 0.29) is 6.04 Å². The minimum Gasteiger partial charge on any atom is -0.303 e. The Morgan fingerprint density at radius 1 is 1.38 bits per heavy atom. The van der Waals surface area contributed by atoms with Gasteiger partial charge < -0.3 is 10.1 Å². The van der Waals surface area contributed by atoms with Gasteiger partial charge in [-0.05, 0) is 5.56 Å². The summed E-state index contributed by atoms with van der Waals surface area (Å²) in [5.41, 5.74) is 1.18. The third-order valence-corrected chi connectivity index (χ3v) is 2.17. The normalized spacial score (nSPS) is 12.4. The molecule has 0 radical (unpaired) electrons. The van der Waals surface area contributed by atoms with Gasteiger partial charge in [0.2, 0.25) is 0 Å². The van der Waals surface area contributed by atoms with E-state index in [2.05, 4.69) is 17.9 Å². The van der Waals surface area contributed by atoms with Crippen molar-refractivity contribution in [2.75, 3.05) is 5.75 Å². The summed E-state index contributed by atoms with van der Waals surface area (Å²) in [7, 11) is 0. The lowest BCUT2D eigenvalue weighted by Crippen LogP contribution is -2.31. The SMILES string of the molecule is O=C[C@H](CS)NCc1ccccc1. The van der Waals surface area contributed by atoms with Crippen LogP contribution >= 0.6 is 12.6 Å². The van der Waals surface area contributed by atoms with Gasteiger partial charge in [-0.2, -0.15) is 12.6 Å². The minimum atomic E-state index is -0.150. The van der Waals surface area contributed by atoms with Crippen LogP contribution in [0.1, 0.15) is 5.56 Å². The molecule has 0 aromatic heterocycles. The van der Waals surface area contributed by atoms with Crippen LogP contribution in [0.5, 0.6) is 0 Å². The van der Waals surface area contributed by atoms with Gasteiger partial charge in [-0.1, -0.05) is 30.3 Å². The van der Waals surface area contributed by atoms with E-state index in [1.807, 2.05) is 30.3 Å². The van der Waals surface area contributed by atoms with E-state index >= 15 is 0 Å². The average molecular weight is 195 g/mol. The number of hydrogen-bond donors (Lipinski definition) is 2. The zero-order valence-corrected chi connectivity index (χ0v) is 8.21. The molecule has 1 aromatic carbocycles. The first-order valence-corrected chi connectivity index (χ1v) is 4.83. The van der Waals surface area contributed by atoms with E-state index in [4.69, 9.17) is 0 Å². The molecule has 1 rings (SSSR count).